The number of rotatable bonds is 3. The number of hydrogen-bond acceptors (Lipinski definition) is 5. The minimum atomic E-state index is -1.00. The van der Waals surface area contributed by atoms with Crippen molar-refractivity contribution < 1.29 is 19.8 Å². The molecule has 0 heterocycles. The van der Waals surface area contributed by atoms with Gasteiger partial charge < -0.3 is 15.9 Å². The minimum absolute atomic E-state index is 0.0347. The molecule has 0 aliphatic heterocycles. The van der Waals surface area contributed by atoms with Gasteiger partial charge in [-0.2, -0.15) is 12.6 Å². The van der Waals surface area contributed by atoms with Crippen LogP contribution in [0.5, 0.6) is 5.75 Å². The van der Waals surface area contributed by atoms with E-state index < -0.39 is 12.0 Å². The number of para-hydroxylation sites is 1. The Kier molecular flexibility index (Phi) is 6.98. The van der Waals surface area contributed by atoms with E-state index in [0.29, 0.717) is 11.8 Å². The number of aldehydes is 1. The van der Waals surface area contributed by atoms with Crippen molar-refractivity contribution >= 4 is 24.9 Å². The molecule has 1 atom stereocenters. The number of hydrogen-bond donors (Lipinski definition) is 4. The van der Waals surface area contributed by atoms with Crippen LogP contribution in [-0.4, -0.2) is 34.3 Å². The number of nitrogens with two attached hydrogens (primary N) is 1. The standard InChI is InChI=1S/C7H6O2.C3H7NO2S/c8-5-6-3-1-2-4-7(6)9;4-2(1-7)3(5)6/h1-5,9H;2,7H,1,4H2,(H,5,6). The van der Waals surface area contributed by atoms with Gasteiger partial charge in [0.05, 0.1) is 5.56 Å². The van der Waals surface area contributed by atoms with Gasteiger partial charge >= 0.3 is 5.97 Å². The Labute approximate surface area is 98.3 Å². The molecule has 0 bridgehead atoms. The molecule has 0 aliphatic carbocycles. The van der Waals surface area contributed by atoms with E-state index >= 15 is 0 Å². The predicted molar refractivity (Wildman–Crippen MR) is 63.0 cm³/mol. The van der Waals surface area contributed by atoms with Gasteiger partial charge in [-0.05, 0) is 12.1 Å². The normalized spacial score (nSPS) is 10.9. The Morgan fingerprint density at radius 3 is 2.31 bits per heavy atom. The zero-order valence-electron chi connectivity index (χ0n) is 8.41. The lowest BCUT2D eigenvalue weighted by Gasteiger charge is -1.96. The molecule has 1 rings (SSSR count). The molecule has 4 N–H and O–H groups in total. The molecular formula is C10H13NO4S. The highest BCUT2D eigenvalue weighted by molar-refractivity contribution is 7.80. The number of aliphatic carboxylic acids is 1. The van der Waals surface area contributed by atoms with Crippen molar-refractivity contribution in [2.75, 3.05) is 5.75 Å². The smallest absolute Gasteiger partial charge is 0.321 e. The lowest BCUT2D eigenvalue weighted by atomic mass is 10.2. The van der Waals surface area contributed by atoms with Crippen LogP contribution in [-0.2, 0) is 4.79 Å². The second-order valence-electron chi connectivity index (χ2n) is 2.80. The van der Waals surface area contributed by atoms with Gasteiger partial charge in [-0.15, -0.1) is 0 Å². The average Bonchev–Trinajstić information content (AvgIpc) is 2.29. The van der Waals surface area contributed by atoms with E-state index in [-0.39, 0.29) is 11.5 Å². The van der Waals surface area contributed by atoms with Gasteiger partial charge in [0.25, 0.3) is 0 Å². The quantitative estimate of drug-likeness (QED) is 0.458. The van der Waals surface area contributed by atoms with E-state index in [1.54, 1.807) is 18.2 Å². The lowest BCUT2D eigenvalue weighted by molar-refractivity contribution is -0.137. The largest absolute Gasteiger partial charge is 0.507 e. The lowest BCUT2D eigenvalue weighted by Crippen LogP contribution is -2.31. The molecule has 0 saturated carbocycles. The number of carboxylic acid groups (broad SMARTS) is 1. The van der Waals surface area contributed by atoms with E-state index in [2.05, 4.69) is 12.6 Å². The van der Waals surface area contributed by atoms with Crippen LogP contribution in [0, 0.1) is 0 Å². The number of carbonyl (C=O) groups excluding carboxylic acids is 1. The third kappa shape index (κ3) is 5.38. The van der Waals surface area contributed by atoms with Crippen molar-refractivity contribution in [3.63, 3.8) is 0 Å². The summed E-state index contributed by atoms with van der Waals surface area (Å²) in [4.78, 5) is 19.8. The van der Waals surface area contributed by atoms with Crippen LogP contribution >= 0.6 is 12.6 Å². The number of aromatic hydroxyl groups is 1. The van der Waals surface area contributed by atoms with E-state index in [0.717, 1.165) is 0 Å². The van der Waals surface area contributed by atoms with Gasteiger partial charge in [-0.25, -0.2) is 0 Å². The summed E-state index contributed by atoms with van der Waals surface area (Å²) in [5, 5.41) is 16.9. The van der Waals surface area contributed by atoms with Crippen LogP contribution in [0.3, 0.4) is 0 Å². The third-order valence-electron chi connectivity index (χ3n) is 1.58. The summed E-state index contributed by atoms with van der Waals surface area (Å²) in [6.45, 7) is 0. The third-order valence-corrected chi connectivity index (χ3v) is 1.97. The summed E-state index contributed by atoms with van der Waals surface area (Å²) in [5.41, 5.74) is 5.27. The maximum absolute atomic E-state index is 10.1. The van der Waals surface area contributed by atoms with Crippen molar-refractivity contribution in [1.82, 2.24) is 0 Å². The number of phenolic OH excluding ortho intramolecular Hbond substituents is 1. The van der Waals surface area contributed by atoms with Gasteiger partial charge in [-0.3, -0.25) is 9.59 Å². The Bertz CT molecular complexity index is 356. The molecule has 1 aromatic rings. The highest BCUT2D eigenvalue weighted by atomic mass is 32.1. The van der Waals surface area contributed by atoms with Crippen molar-refractivity contribution in [3.8, 4) is 5.75 Å². The zero-order chi connectivity index (χ0) is 12.6. The Balaban J connectivity index is 0.000000293. The van der Waals surface area contributed by atoms with E-state index in [9.17, 15) is 9.59 Å². The van der Waals surface area contributed by atoms with Crippen LogP contribution in [0.2, 0.25) is 0 Å². The van der Waals surface area contributed by atoms with E-state index in [4.69, 9.17) is 15.9 Å². The van der Waals surface area contributed by atoms with Crippen LogP contribution < -0.4 is 5.73 Å². The summed E-state index contributed by atoms with van der Waals surface area (Å²) < 4.78 is 0. The number of carbonyl (C=O) groups is 2. The first-order valence-corrected chi connectivity index (χ1v) is 4.98. The fraction of sp³-hybridized carbons (Fsp3) is 0.200. The molecule has 1 aromatic carbocycles. The minimum Gasteiger partial charge on any atom is -0.507 e. The fourth-order valence-electron chi connectivity index (χ4n) is 0.665. The molecule has 0 saturated heterocycles. The van der Waals surface area contributed by atoms with Gasteiger partial charge in [0, 0.05) is 5.75 Å². The van der Waals surface area contributed by atoms with Crippen molar-refractivity contribution in [2.24, 2.45) is 5.73 Å². The van der Waals surface area contributed by atoms with E-state index in [1.807, 2.05) is 0 Å². The van der Waals surface area contributed by atoms with Gasteiger partial charge in [-0.1, -0.05) is 12.1 Å². The molecule has 0 aromatic heterocycles. The monoisotopic (exact) mass is 243 g/mol. The highest BCUT2D eigenvalue weighted by Crippen LogP contribution is 2.11. The van der Waals surface area contributed by atoms with Gasteiger partial charge in [0.2, 0.25) is 0 Å². The number of carboxylic acids is 1. The van der Waals surface area contributed by atoms with Crippen molar-refractivity contribution in [3.05, 3.63) is 29.8 Å². The number of thiol groups is 1. The second-order valence-corrected chi connectivity index (χ2v) is 3.17. The van der Waals surface area contributed by atoms with Gasteiger partial charge in [0.1, 0.15) is 11.8 Å². The summed E-state index contributed by atoms with van der Waals surface area (Å²) >= 11 is 3.65. The molecule has 0 radical (unpaired) electrons. The second kappa shape index (κ2) is 7.72. The van der Waals surface area contributed by atoms with Crippen LogP contribution in [0.4, 0.5) is 0 Å². The SMILES string of the molecule is NC(CS)C(=O)O.O=Cc1ccccc1O. The zero-order valence-corrected chi connectivity index (χ0v) is 9.30. The molecule has 88 valence electrons. The molecule has 1 unspecified atom stereocenters. The van der Waals surface area contributed by atoms with Crippen LogP contribution in [0.25, 0.3) is 0 Å². The summed E-state index contributed by atoms with van der Waals surface area (Å²) in [6, 6.07) is 5.58. The molecular weight excluding hydrogens is 230 g/mol. The topological polar surface area (TPSA) is 101 Å². The maximum Gasteiger partial charge on any atom is 0.321 e. The predicted octanol–water partition coefficient (Wildman–Crippen LogP) is 0.533. The summed E-state index contributed by atoms with van der Waals surface area (Å²) in [6.07, 6.45) is 0.620. The summed E-state index contributed by atoms with van der Waals surface area (Å²) in [5.74, 6) is -0.780. The maximum atomic E-state index is 10.1. The Morgan fingerprint density at radius 1 is 1.50 bits per heavy atom. The number of benzene rings is 1. The highest BCUT2D eigenvalue weighted by Gasteiger charge is 2.06. The first-order valence-electron chi connectivity index (χ1n) is 4.35. The number of phenols is 1. The molecule has 16 heavy (non-hydrogen) atoms. The first kappa shape index (κ1) is 14.5. The van der Waals surface area contributed by atoms with Gasteiger partial charge in [0.15, 0.2) is 6.29 Å². The fourth-order valence-corrected chi connectivity index (χ4v) is 0.821. The first-order chi connectivity index (χ1) is 7.52. The molecule has 0 spiro atoms. The molecule has 5 nitrogen and oxygen atoms in total. The summed E-state index contributed by atoms with van der Waals surface area (Å²) in [7, 11) is 0. The molecule has 6 heteroatoms. The molecule has 0 fully saturated rings. The van der Waals surface area contributed by atoms with Crippen LogP contribution in [0.15, 0.2) is 24.3 Å². The molecule has 0 aliphatic rings. The van der Waals surface area contributed by atoms with Crippen LogP contribution in [0.1, 0.15) is 10.4 Å². The average molecular weight is 243 g/mol. The Morgan fingerprint density at radius 2 is 2.06 bits per heavy atom. The van der Waals surface area contributed by atoms with Crippen molar-refractivity contribution in [1.29, 1.82) is 0 Å². The molecule has 0 amide bonds. The Hall–Kier alpha value is -1.53. The van der Waals surface area contributed by atoms with E-state index in [1.165, 1.54) is 6.07 Å². The van der Waals surface area contributed by atoms with Crippen molar-refractivity contribution in [2.45, 2.75) is 6.04 Å².